The van der Waals surface area contributed by atoms with E-state index in [4.69, 9.17) is 4.74 Å². The minimum absolute atomic E-state index is 0.146. The van der Waals surface area contributed by atoms with Crippen LogP contribution in [-0.2, 0) is 16.0 Å². The second kappa shape index (κ2) is 7.94. The summed E-state index contributed by atoms with van der Waals surface area (Å²) in [6, 6.07) is 7.62. The average Bonchev–Trinajstić information content (AvgIpc) is 2.54. The summed E-state index contributed by atoms with van der Waals surface area (Å²) in [7, 11) is 0. The van der Waals surface area contributed by atoms with Crippen molar-refractivity contribution < 1.29 is 14.3 Å². The SMILES string of the molecule is CCOC(=O)c1ccccc1CCN1CCN(C(C)=O)CC1. The number of piperazine rings is 1. The number of carbonyl (C=O) groups is 2. The van der Waals surface area contributed by atoms with Gasteiger partial charge >= 0.3 is 5.97 Å². The Kier molecular flexibility index (Phi) is 5.95. The minimum Gasteiger partial charge on any atom is -0.462 e. The van der Waals surface area contributed by atoms with Crippen LogP contribution in [-0.4, -0.2) is 61.0 Å². The second-order valence-electron chi connectivity index (χ2n) is 5.48. The maximum Gasteiger partial charge on any atom is 0.338 e. The van der Waals surface area contributed by atoms with Crippen LogP contribution in [0, 0.1) is 0 Å². The number of benzene rings is 1. The minimum atomic E-state index is -0.250. The van der Waals surface area contributed by atoms with Crippen LogP contribution in [0.25, 0.3) is 0 Å². The summed E-state index contributed by atoms with van der Waals surface area (Å²) in [5, 5.41) is 0. The largest absolute Gasteiger partial charge is 0.462 e. The zero-order chi connectivity index (χ0) is 15.9. The van der Waals surface area contributed by atoms with Crippen LogP contribution in [0.1, 0.15) is 29.8 Å². The fourth-order valence-corrected chi connectivity index (χ4v) is 2.71. The maximum absolute atomic E-state index is 12.0. The van der Waals surface area contributed by atoms with Gasteiger partial charge in [0.2, 0.25) is 5.91 Å². The highest BCUT2D eigenvalue weighted by Gasteiger charge is 2.19. The Morgan fingerprint density at radius 1 is 1.14 bits per heavy atom. The molecule has 0 N–H and O–H groups in total. The van der Waals surface area contributed by atoms with E-state index in [2.05, 4.69) is 4.90 Å². The molecule has 5 heteroatoms. The molecule has 5 nitrogen and oxygen atoms in total. The molecule has 22 heavy (non-hydrogen) atoms. The Hall–Kier alpha value is -1.88. The Balaban J connectivity index is 1.90. The summed E-state index contributed by atoms with van der Waals surface area (Å²) in [5.41, 5.74) is 1.68. The molecule has 120 valence electrons. The highest BCUT2D eigenvalue weighted by atomic mass is 16.5. The molecule has 2 rings (SSSR count). The molecule has 0 bridgehead atoms. The summed E-state index contributed by atoms with van der Waals surface area (Å²) in [6.45, 7) is 8.06. The van der Waals surface area contributed by atoms with E-state index in [1.165, 1.54) is 0 Å². The van der Waals surface area contributed by atoms with Crippen LogP contribution in [0.2, 0.25) is 0 Å². The molecule has 0 radical (unpaired) electrons. The molecule has 1 saturated heterocycles. The van der Waals surface area contributed by atoms with Crippen molar-refractivity contribution in [3.8, 4) is 0 Å². The van der Waals surface area contributed by atoms with Crippen molar-refractivity contribution in [2.24, 2.45) is 0 Å². The van der Waals surface area contributed by atoms with E-state index in [1.54, 1.807) is 6.92 Å². The zero-order valence-electron chi connectivity index (χ0n) is 13.4. The van der Waals surface area contributed by atoms with Crippen LogP contribution < -0.4 is 0 Å². The Bertz CT molecular complexity index is 522. The molecule has 1 aliphatic heterocycles. The number of hydrogen-bond donors (Lipinski definition) is 0. The first-order valence-corrected chi connectivity index (χ1v) is 7.84. The fraction of sp³-hybridized carbons (Fsp3) is 0.529. The predicted molar refractivity (Wildman–Crippen MR) is 84.8 cm³/mol. The van der Waals surface area contributed by atoms with Gasteiger partial charge in [-0.25, -0.2) is 4.79 Å². The third-order valence-electron chi connectivity index (χ3n) is 4.03. The number of ether oxygens (including phenoxy) is 1. The van der Waals surface area contributed by atoms with Gasteiger partial charge in [0.25, 0.3) is 0 Å². The van der Waals surface area contributed by atoms with E-state index in [0.29, 0.717) is 12.2 Å². The van der Waals surface area contributed by atoms with E-state index in [-0.39, 0.29) is 11.9 Å². The maximum atomic E-state index is 12.0. The van der Waals surface area contributed by atoms with E-state index in [9.17, 15) is 9.59 Å². The molecule has 1 amide bonds. The summed E-state index contributed by atoms with van der Waals surface area (Å²) >= 11 is 0. The summed E-state index contributed by atoms with van der Waals surface area (Å²) in [4.78, 5) is 27.5. The quantitative estimate of drug-likeness (QED) is 0.775. The first-order chi connectivity index (χ1) is 10.6. The van der Waals surface area contributed by atoms with Gasteiger partial charge in [-0.1, -0.05) is 18.2 Å². The van der Waals surface area contributed by atoms with Crippen molar-refractivity contribution in [2.45, 2.75) is 20.3 Å². The van der Waals surface area contributed by atoms with E-state index in [0.717, 1.165) is 44.7 Å². The Labute approximate surface area is 131 Å². The summed E-state index contributed by atoms with van der Waals surface area (Å²) in [6.07, 6.45) is 0.815. The van der Waals surface area contributed by atoms with Crippen LogP contribution in [0.5, 0.6) is 0 Å². The smallest absolute Gasteiger partial charge is 0.338 e. The molecule has 0 unspecified atom stereocenters. The lowest BCUT2D eigenvalue weighted by molar-refractivity contribution is -0.130. The number of carbonyl (C=O) groups excluding carboxylic acids is 2. The third-order valence-corrected chi connectivity index (χ3v) is 4.03. The predicted octanol–water partition coefficient (Wildman–Crippen LogP) is 1.57. The van der Waals surface area contributed by atoms with Gasteiger partial charge in [-0.05, 0) is 25.0 Å². The van der Waals surface area contributed by atoms with Gasteiger partial charge in [-0.15, -0.1) is 0 Å². The van der Waals surface area contributed by atoms with Crippen molar-refractivity contribution in [2.75, 3.05) is 39.3 Å². The monoisotopic (exact) mass is 304 g/mol. The molecule has 0 spiro atoms. The molecule has 1 aromatic carbocycles. The molecule has 1 aliphatic rings. The van der Waals surface area contributed by atoms with Crippen LogP contribution in [0.15, 0.2) is 24.3 Å². The van der Waals surface area contributed by atoms with Crippen LogP contribution in [0.4, 0.5) is 0 Å². The van der Waals surface area contributed by atoms with Gasteiger partial charge in [0.15, 0.2) is 0 Å². The summed E-state index contributed by atoms with van der Waals surface area (Å²) < 4.78 is 5.10. The van der Waals surface area contributed by atoms with Crippen LogP contribution in [0.3, 0.4) is 0 Å². The lowest BCUT2D eigenvalue weighted by Gasteiger charge is -2.34. The molecule has 0 atom stereocenters. The Morgan fingerprint density at radius 2 is 1.82 bits per heavy atom. The van der Waals surface area contributed by atoms with E-state index >= 15 is 0 Å². The molecule has 0 aliphatic carbocycles. The molecule has 0 saturated carbocycles. The van der Waals surface area contributed by atoms with Crippen molar-refractivity contribution in [1.82, 2.24) is 9.80 Å². The van der Waals surface area contributed by atoms with Crippen LogP contribution >= 0.6 is 0 Å². The van der Waals surface area contributed by atoms with E-state index in [1.807, 2.05) is 36.1 Å². The van der Waals surface area contributed by atoms with Crippen molar-refractivity contribution in [3.05, 3.63) is 35.4 Å². The number of amides is 1. The standard InChI is InChI=1S/C17H24N2O3/c1-3-22-17(21)16-7-5-4-6-15(16)8-9-18-10-12-19(13-11-18)14(2)20/h4-7H,3,8-13H2,1-2H3. The summed E-state index contributed by atoms with van der Waals surface area (Å²) in [5.74, 6) is -0.105. The number of esters is 1. The normalized spacial score (nSPS) is 15.6. The van der Waals surface area contributed by atoms with E-state index < -0.39 is 0 Å². The zero-order valence-corrected chi connectivity index (χ0v) is 13.4. The highest BCUT2D eigenvalue weighted by molar-refractivity contribution is 5.91. The third kappa shape index (κ3) is 4.31. The molecular formula is C17H24N2O3. The topological polar surface area (TPSA) is 49.9 Å². The van der Waals surface area contributed by atoms with Gasteiger partial charge in [-0.3, -0.25) is 9.69 Å². The number of hydrogen-bond acceptors (Lipinski definition) is 4. The Morgan fingerprint density at radius 3 is 2.45 bits per heavy atom. The van der Waals surface area contributed by atoms with Gasteiger partial charge in [-0.2, -0.15) is 0 Å². The highest BCUT2D eigenvalue weighted by Crippen LogP contribution is 2.12. The lowest BCUT2D eigenvalue weighted by atomic mass is 10.0. The van der Waals surface area contributed by atoms with Gasteiger partial charge in [0, 0.05) is 39.6 Å². The first kappa shape index (κ1) is 16.5. The molecule has 0 aromatic heterocycles. The first-order valence-electron chi connectivity index (χ1n) is 7.84. The van der Waals surface area contributed by atoms with Gasteiger partial charge in [0.1, 0.15) is 0 Å². The van der Waals surface area contributed by atoms with Gasteiger partial charge < -0.3 is 9.64 Å². The molecular weight excluding hydrogens is 280 g/mol. The lowest BCUT2D eigenvalue weighted by Crippen LogP contribution is -2.48. The fourth-order valence-electron chi connectivity index (χ4n) is 2.71. The number of rotatable bonds is 5. The molecule has 1 aromatic rings. The van der Waals surface area contributed by atoms with Crippen molar-refractivity contribution in [1.29, 1.82) is 0 Å². The van der Waals surface area contributed by atoms with Gasteiger partial charge in [0.05, 0.1) is 12.2 Å². The second-order valence-corrected chi connectivity index (χ2v) is 5.48. The average molecular weight is 304 g/mol. The molecule has 1 heterocycles. The molecule has 1 fully saturated rings. The van der Waals surface area contributed by atoms with Crippen molar-refractivity contribution in [3.63, 3.8) is 0 Å². The number of nitrogens with zero attached hydrogens (tertiary/aromatic N) is 2. The van der Waals surface area contributed by atoms with Crippen molar-refractivity contribution >= 4 is 11.9 Å².